The zero-order valence-electron chi connectivity index (χ0n) is 8.95. The van der Waals surface area contributed by atoms with Crippen molar-refractivity contribution in [1.29, 1.82) is 0 Å². The van der Waals surface area contributed by atoms with E-state index in [-0.39, 0.29) is 18.4 Å². The van der Waals surface area contributed by atoms with Gasteiger partial charge in [0, 0.05) is 31.9 Å². The largest absolute Gasteiger partial charge is 1.00 e. The molecule has 0 atom stereocenters. The van der Waals surface area contributed by atoms with Gasteiger partial charge in [0.2, 0.25) is 0 Å². The number of hydrogen-bond acceptors (Lipinski definition) is 2. The van der Waals surface area contributed by atoms with Gasteiger partial charge in [-0.25, -0.2) is 4.79 Å². The summed E-state index contributed by atoms with van der Waals surface area (Å²) in [4.78, 5) is 13.6. The Balaban J connectivity index is 0.00000128. The monoisotopic (exact) mass is 240 g/mol. The van der Waals surface area contributed by atoms with Crippen LogP contribution in [0.3, 0.4) is 0 Å². The maximum absolute atomic E-state index is 11.8. The Kier molecular flexibility index (Phi) is 5.08. The Morgan fingerprint density at radius 1 is 1.19 bits per heavy atom. The Morgan fingerprint density at radius 3 is 2.44 bits per heavy atom. The van der Waals surface area contributed by atoms with Crippen LogP contribution in [0.2, 0.25) is 0 Å². The number of carbonyl (C=O) groups excluding carboxylic acids is 1. The van der Waals surface area contributed by atoms with Gasteiger partial charge in [-0.15, -0.1) is 0 Å². The van der Waals surface area contributed by atoms with Crippen molar-refractivity contribution in [1.82, 2.24) is 10.2 Å². The number of piperazine rings is 1. The minimum Gasteiger partial charge on any atom is -1.00 e. The lowest BCUT2D eigenvalue weighted by Crippen LogP contribution is -3.00. The second kappa shape index (κ2) is 6.35. The highest BCUT2D eigenvalue weighted by Gasteiger charge is 2.15. The smallest absolute Gasteiger partial charge is 0.321 e. The highest BCUT2D eigenvalue weighted by Crippen LogP contribution is 2.06. The van der Waals surface area contributed by atoms with Crippen LogP contribution in [-0.2, 0) is 0 Å². The van der Waals surface area contributed by atoms with Crippen molar-refractivity contribution >= 4 is 11.7 Å². The third-order valence-corrected chi connectivity index (χ3v) is 2.43. The maximum Gasteiger partial charge on any atom is 0.321 e. The Hall–Kier alpha value is -1.26. The third-order valence-electron chi connectivity index (χ3n) is 2.43. The molecule has 1 aliphatic heterocycles. The molecule has 88 valence electrons. The van der Waals surface area contributed by atoms with Crippen molar-refractivity contribution in [2.75, 3.05) is 31.5 Å². The molecule has 0 unspecified atom stereocenters. The standard InChI is InChI=1S/C11H15N3O.ClH/c15-11(14-8-6-12-7-9-14)13-10-4-2-1-3-5-10;/h1-5,12H,6-9H2,(H,13,15);1H/p-1. The van der Waals surface area contributed by atoms with Gasteiger partial charge >= 0.3 is 6.03 Å². The summed E-state index contributed by atoms with van der Waals surface area (Å²) in [6.45, 7) is 3.31. The van der Waals surface area contributed by atoms with E-state index in [1.165, 1.54) is 0 Å². The van der Waals surface area contributed by atoms with Crippen LogP contribution in [-0.4, -0.2) is 37.1 Å². The van der Waals surface area contributed by atoms with Crippen LogP contribution >= 0.6 is 0 Å². The third kappa shape index (κ3) is 3.40. The molecule has 4 nitrogen and oxygen atoms in total. The highest BCUT2D eigenvalue weighted by molar-refractivity contribution is 5.89. The number of nitrogens with zero attached hydrogens (tertiary/aromatic N) is 1. The summed E-state index contributed by atoms with van der Waals surface area (Å²) >= 11 is 0. The summed E-state index contributed by atoms with van der Waals surface area (Å²) in [5.74, 6) is 0. The molecule has 1 aromatic rings. The van der Waals surface area contributed by atoms with Gasteiger partial charge in [0.05, 0.1) is 0 Å². The number of halogens is 1. The Labute approximate surface area is 101 Å². The zero-order chi connectivity index (χ0) is 10.5. The van der Waals surface area contributed by atoms with Crippen LogP contribution in [0.5, 0.6) is 0 Å². The lowest BCUT2D eigenvalue weighted by atomic mass is 10.3. The predicted octanol–water partition coefficient (Wildman–Crippen LogP) is -1.87. The molecular formula is C11H15ClN3O-. The van der Waals surface area contributed by atoms with Crippen molar-refractivity contribution in [2.24, 2.45) is 0 Å². The van der Waals surface area contributed by atoms with Crippen LogP contribution in [0.4, 0.5) is 10.5 Å². The minimum atomic E-state index is -0.0114. The first-order chi connectivity index (χ1) is 7.36. The number of amides is 2. The molecule has 1 fully saturated rings. The molecule has 0 saturated carbocycles. The molecule has 0 aliphatic carbocycles. The number of para-hydroxylation sites is 1. The van der Waals surface area contributed by atoms with Gasteiger partial charge in [-0.1, -0.05) is 18.2 Å². The first-order valence-electron chi connectivity index (χ1n) is 5.18. The van der Waals surface area contributed by atoms with Crippen molar-refractivity contribution in [3.63, 3.8) is 0 Å². The number of nitrogens with one attached hydrogen (secondary N) is 2. The summed E-state index contributed by atoms with van der Waals surface area (Å²) in [7, 11) is 0. The topological polar surface area (TPSA) is 44.4 Å². The molecule has 0 aromatic heterocycles. The molecule has 1 heterocycles. The van der Waals surface area contributed by atoms with Crippen LogP contribution in [0, 0.1) is 0 Å². The summed E-state index contributed by atoms with van der Waals surface area (Å²) in [6.07, 6.45) is 0. The van der Waals surface area contributed by atoms with E-state index in [1.807, 2.05) is 35.2 Å². The van der Waals surface area contributed by atoms with Gasteiger partial charge in [-0.2, -0.15) is 0 Å². The molecule has 0 spiro atoms. The second-order valence-corrected chi connectivity index (χ2v) is 3.53. The maximum atomic E-state index is 11.8. The van der Waals surface area contributed by atoms with Gasteiger partial charge in [-0.05, 0) is 12.1 Å². The minimum absolute atomic E-state index is 0. The second-order valence-electron chi connectivity index (χ2n) is 3.53. The molecular weight excluding hydrogens is 226 g/mol. The molecule has 0 bridgehead atoms. The van der Waals surface area contributed by atoms with E-state index in [4.69, 9.17) is 0 Å². The van der Waals surface area contributed by atoms with Crippen LogP contribution < -0.4 is 23.0 Å². The summed E-state index contributed by atoms with van der Waals surface area (Å²) < 4.78 is 0. The van der Waals surface area contributed by atoms with Crippen LogP contribution in [0.25, 0.3) is 0 Å². The number of urea groups is 1. The average molecular weight is 241 g/mol. The molecule has 2 N–H and O–H groups in total. The first-order valence-corrected chi connectivity index (χ1v) is 5.18. The normalized spacial score (nSPS) is 15.1. The van der Waals surface area contributed by atoms with Gasteiger partial charge in [0.15, 0.2) is 0 Å². The lowest BCUT2D eigenvalue weighted by Gasteiger charge is -2.27. The van der Waals surface area contributed by atoms with Crippen molar-refractivity contribution in [2.45, 2.75) is 0 Å². The fourth-order valence-corrected chi connectivity index (χ4v) is 1.59. The van der Waals surface area contributed by atoms with E-state index in [1.54, 1.807) is 0 Å². The molecule has 16 heavy (non-hydrogen) atoms. The van der Waals surface area contributed by atoms with Gasteiger partial charge < -0.3 is 27.9 Å². The molecule has 2 rings (SSSR count). The SMILES string of the molecule is O=C(Nc1ccccc1)N1CCNCC1.[Cl-]. The Morgan fingerprint density at radius 2 is 1.81 bits per heavy atom. The summed E-state index contributed by atoms with van der Waals surface area (Å²) in [6, 6.07) is 9.52. The lowest BCUT2D eigenvalue weighted by molar-refractivity contribution is -0.00000635. The molecule has 0 radical (unpaired) electrons. The first kappa shape index (κ1) is 12.8. The van der Waals surface area contributed by atoms with Gasteiger partial charge in [-0.3, -0.25) is 0 Å². The van der Waals surface area contributed by atoms with Gasteiger partial charge in [0.25, 0.3) is 0 Å². The van der Waals surface area contributed by atoms with Gasteiger partial charge in [0.1, 0.15) is 0 Å². The Bertz CT molecular complexity index is 325. The number of rotatable bonds is 1. The van der Waals surface area contributed by atoms with E-state index < -0.39 is 0 Å². The number of anilines is 1. The van der Waals surface area contributed by atoms with E-state index >= 15 is 0 Å². The van der Waals surface area contributed by atoms with E-state index in [9.17, 15) is 4.79 Å². The summed E-state index contributed by atoms with van der Waals surface area (Å²) in [5.41, 5.74) is 0.848. The molecule has 5 heteroatoms. The zero-order valence-corrected chi connectivity index (χ0v) is 9.70. The van der Waals surface area contributed by atoms with Crippen molar-refractivity contribution in [3.8, 4) is 0 Å². The quantitative estimate of drug-likeness (QED) is 0.604. The van der Waals surface area contributed by atoms with Crippen LogP contribution in [0.15, 0.2) is 30.3 Å². The van der Waals surface area contributed by atoms with E-state index in [2.05, 4.69) is 10.6 Å². The van der Waals surface area contributed by atoms with Crippen molar-refractivity contribution in [3.05, 3.63) is 30.3 Å². The van der Waals surface area contributed by atoms with E-state index in [0.29, 0.717) is 0 Å². The summed E-state index contributed by atoms with van der Waals surface area (Å²) in [5, 5.41) is 6.08. The number of hydrogen-bond donors (Lipinski definition) is 2. The molecule has 1 saturated heterocycles. The van der Waals surface area contributed by atoms with E-state index in [0.717, 1.165) is 31.9 Å². The van der Waals surface area contributed by atoms with Crippen LogP contribution in [0.1, 0.15) is 0 Å². The highest BCUT2D eigenvalue weighted by atomic mass is 35.5. The van der Waals surface area contributed by atoms with Crippen molar-refractivity contribution < 1.29 is 17.2 Å². The fraction of sp³-hybridized carbons (Fsp3) is 0.364. The molecule has 2 amide bonds. The molecule has 1 aromatic carbocycles. The predicted molar refractivity (Wildman–Crippen MR) is 59.9 cm³/mol. The number of carbonyl (C=O) groups is 1. The fourth-order valence-electron chi connectivity index (χ4n) is 1.59. The number of benzene rings is 1. The average Bonchev–Trinajstić information content (AvgIpc) is 2.31. The molecule has 1 aliphatic rings.